The average Bonchev–Trinajstić information content (AvgIpc) is 2.62. The fourth-order valence-corrected chi connectivity index (χ4v) is 0.960. The van der Waals surface area contributed by atoms with Crippen LogP contribution in [0.25, 0.3) is 0 Å². The third-order valence-electron chi connectivity index (χ3n) is 1.86. The Morgan fingerprint density at radius 1 is 1.70 bits per heavy atom. The van der Waals surface area contributed by atoms with Crippen molar-refractivity contribution < 1.29 is 9.53 Å². The third kappa shape index (κ3) is 1.72. The van der Waals surface area contributed by atoms with Crippen LogP contribution in [0.5, 0.6) is 0 Å². The van der Waals surface area contributed by atoms with Crippen LogP contribution in [0.15, 0.2) is 0 Å². The standard InChI is InChI=1S/C8H14O2/c1-3-4-10-8(9)7-5-6(7)2/h6-7H,3-5H2,1-2H3/t6-,7-/m1/s1. The van der Waals surface area contributed by atoms with E-state index in [-0.39, 0.29) is 11.9 Å². The second-order valence-corrected chi connectivity index (χ2v) is 2.99. The summed E-state index contributed by atoms with van der Waals surface area (Å²) in [6, 6.07) is 0. The Bertz CT molecular complexity index is 131. The number of hydrogen-bond donors (Lipinski definition) is 0. The van der Waals surface area contributed by atoms with Gasteiger partial charge >= 0.3 is 5.97 Å². The van der Waals surface area contributed by atoms with Crippen LogP contribution in [0, 0.1) is 11.8 Å². The maximum absolute atomic E-state index is 11.0. The Hall–Kier alpha value is -0.530. The van der Waals surface area contributed by atoms with Gasteiger partial charge in [-0.05, 0) is 18.8 Å². The van der Waals surface area contributed by atoms with E-state index in [4.69, 9.17) is 4.74 Å². The number of esters is 1. The summed E-state index contributed by atoms with van der Waals surface area (Å²) in [6.45, 7) is 4.67. The minimum Gasteiger partial charge on any atom is -0.465 e. The third-order valence-corrected chi connectivity index (χ3v) is 1.86. The summed E-state index contributed by atoms with van der Waals surface area (Å²) >= 11 is 0. The van der Waals surface area contributed by atoms with Gasteiger partial charge in [0.1, 0.15) is 0 Å². The SMILES string of the molecule is CCCOC(=O)[C@@H]1C[C@H]1C. The van der Waals surface area contributed by atoms with Gasteiger partial charge in [-0.3, -0.25) is 4.79 Å². The number of rotatable bonds is 3. The van der Waals surface area contributed by atoms with Crippen molar-refractivity contribution in [2.24, 2.45) is 11.8 Å². The van der Waals surface area contributed by atoms with Crippen LogP contribution in [0.2, 0.25) is 0 Å². The Kier molecular flexibility index (Phi) is 2.30. The molecule has 0 aromatic heterocycles. The van der Waals surface area contributed by atoms with Gasteiger partial charge in [0.25, 0.3) is 0 Å². The van der Waals surface area contributed by atoms with Gasteiger partial charge < -0.3 is 4.74 Å². The molecule has 0 aliphatic heterocycles. The van der Waals surface area contributed by atoms with Crippen molar-refractivity contribution in [3.05, 3.63) is 0 Å². The zero-order chi connectivity index (χ0) is 7.56. The summed E-state index contributed by atoms with van der Waals surface area (Å²) in [4.78, 5) is 11.0. The minimum absolute atomic E-state index is 0.00866. The molecule has 58 valence electrons. The van der Waals surface area contributed by atoms with Crippen molar-refractivity contribution in [3.8, 4) is 0 Å². The summed E-state index contributed by atoms with van der Waals surface area (Å²) in [7, 11) is 0. The van der Waals surface area contributed by atoms with Gasteiger partial charge in [-0.25, -0.2) is 0 Å². The second-order valence-electron chi connectivity index (χ2n) is 2.99. The molecule has 0 aromatic carbocycles. The highest BCUT2D eigenvalue weighted by molar-refractivity contribution is 5.75. The summed E-state index contributed by atoms with van der Waals surface area (Å²) in [6.07, 6.45) is 1.95. The molecule has 2 nitrogen and oxygen atoms in total. The Labute approximate surface area is 61.6 Å². The van der Waals surface area contributed by atoms with Crippen molar-refractivity contribution in [1.82, 2.24) is 0 Å². The van der Waals surface area contributed by atoms with Crippen LogP contribution in [-0.4, -0.2) is 12.6 Å². The molecule has 1 saturated carbocycles. The zero-order valence-corrected chi connectivity index (χ0v) is 6.59. The lowest BCUT2D eigenvalue weighted by molar-refractivity contribution is -0.145. The molecular formula is C8H14O2. The van der Waals surface area contributed by atoms with Gasteiger partial charge in [0.15, 0.2) is 0 Å². The number of carbonyl (C=O) groups excluding carboxylic acids is 1. The highest BCUT2D eigenvalue weighted by Crippen LogP contribution is 2.38. The van der Waals surface area contributed by atoms with Crippen LogP contribution >= 0.6 is 0 Å². The van der Waals surface area contributed by atoms with Crippen molar-refractivity contribution in [2.75, 3.05) is 6.61 Å². The van der Waals surface area contributed by atoms with E-state index in [1.54, 1.807) is 0 Å². The predicted octanol–water partition coefficient (Wildman–Crippen LogP) is 1.60. The van der Waals surface area contributed by atoms with E-state index in [2.05, 4.69) is 6.92 Å². The lowest BCUT2D eigenvalue weighted by Gasteiger charge is -1.99. The molecule has 0 N–H and O–H groups in total. The molecule has 1 fully saturated rings. The van der Waals surface area contributed by atoms with Gasteiger partial charge in [0, 0.05) is 0 Å². The Morgan fingerprint density at radius 3 is 2.70 bits per heavy atom. The van der Waals surface area contributed by atoms with E-state index in [0.29, 0.717) is 12.5 Å². The molecule has 0 heterocycles. The lowest BCUT2D eigenvalue weighted by atomic mass is 10.3. The van der Waals surface area contributed by atoms with Crippen LogP contribution in [0.3, 0.4) is 0 Å². The molecule has 1 aliphatic carbocycles. The Morgan fingerprint density at radius 2 is 2.30 bits per heavy atom. The van der Waals surface area contributed by atoms with E-state index in [0.717, 1.165) is 12.8 Å². The van der Waals surface area contributed by atoms with Gasteiger partial charge in [-0.1, -0.05) is 13.8 Å². The first-order valence-electron chi connectivity index (χ1n) is 3.92. The van der Waals surface area contributed by atoms with Gasteiger partial charge in [0.2, 0.25) is 0 Å². The zero-order valence-electron chi connectivity index (χ0n) is 6.59. The van der Waals surface area contributed by atoms with Gasteiger partial charge in [-0.15, -0.1) is 0 Å². The highest BCUT2D eigenvalue weighted by atomic mass is 16.5. The monoisotopic (exact) mass is 142 g/mol. The molecule has 0 amide bonds. The van der Waals surface area contributed by atoms with E-state index in [9.17, 15) is 4.79 Å². The smallest absolute Gasteiger partial charge is 0.309 e. The molecule has 0 spiro atoms. The van der Waals surface area contributed by atoms with Crippen molar-refractivity contribution in [3.63, 3.8) is 0 Å². The van der Waals surface area contributed by atoms with Gasteiger partial charge in [-0.2, -0.15) is 0 Å². The fraction of sp³-hybridized carbons (Fsp3) is 0.875. The van der Waals surface area contributed by atoms with Crippen LogP contribution in [0.1, 0.15) is 26.7 Å². The first-order valence-corrected chi connectivity index (χ1v) is 3.92. The average molecular weight is 142 g/mol. The lowest BCUT2D eigenvalue weighted by Crippen LogP contribution is -2.07. The quantitative estimate of drug-likeness (QED) is 0.559. The molecule has 2 atom stereocenters. The molecular weight excluding hydrogens is 128 g/mol. The summed E-state index contributed by atoms with van der Waals surface area (Å²) < 4.78 is 4.95. The number of carbonyl (C=O) groups is 1. The molecule has 0 saturated heterocycles. The predicted molar refractivity (Wildman–Crippen MR) is 38.5 cm³/mol. The normalized spacial score (nSPS) is 29.8. The topological polar surface area (TPSA) is 26.3 Å². The molecule has 1 rings (SSSR count). The van der Waals surface area contributed by atoms with E-state index in [1.807, 2.05) is 6.92 Å². The number of hydrogen-bond acceptors (Lipinski definition) is 2. The molecule has 0 unspecified atom stereocenters. The van der Waals surface area contributed by atoms with Crippen LogP contribution in [-0.2, 0) is 9.53 Å². The first kappa shape index (κ1) is 7.58. The highest BCUT2D eigenvalue weighted by Gasteiger charge is 2.40. The van der Waals surface area contributed by atoms with Crippen LogP contribution < -0.4 is 0 Å². The Balaban J connectivity index is 2.11. The molecule has 1 aliphatic rings. The molecule has 0 bridgehead atoms. The molecule has 2 heteroatoms. The van der Waals surface area contributed by atoms with E-state index < -0.39 is 0 Å². The second kappa shape index (κ2) is 3.04. The molecule has 0 radical (unpaired) electrons. The first-order chi connectivity index (χ1) is 4.75. The van der Waals surface area contributed by atoms with E-state index >= 15 is 0 Å². The molecule has 0 aromatic rings. The van der Waals surface area contributed by atoms with Gasteiger partial charge in [0.05, 0.1) is 12.5 Å². The molecule has 10 heavy (non-hydrogen) atoms. The maximum Gasteiger partial charge on any atom is 0.309 e. The summed E-state index contributed by atoms with van der Waals surface area (Å²) in [5.41, 5.74) is 0. The largest absolute Gasteiger partial charge is 0.465 e. The van der Waals surface area contributed by atoms with Crippen LogP contribution in [0.4, 0.5) is 0 Å². The minimum atomic E-state index is 0.00866. The summed E-state index contributed by atoms with van der Waals surface area (Å²) in [5, 5.41) is 0. The maximum atomic E-state index is 11.0. The van der Waals surface area contributed by atoms with Crippen molar-refractivity contribution >= 4 is 5.97 Å². The fourth-order valence-electron chi connectivity index (χ4n) is 0.960. The van der Waals surface area contributed by atoms with E-state index in [1.165, 1.54) is 0 Å². The van der Waals surface area contributed by atoms with Crippen molar-refractivity contribution in [1.29, 1.82) is 0 Å². The number of ether oxygens (including phenoxy) is 1. The van der Waals surface area contributed by atoms with Crippen molar-refractivity contribution in [2.45, 2.75) is 26.7 Å². The summed E-state index contributed by atoms with van der Waals surface area (Å²) in [5.74, 6) is 0.810.